The number of thiazole rings is 1. The normalized spacial score (nSPS) is 19.0. The van der Waals surface area contributed by atoms with Gasteiger partial charge in [0.05, 0.1) is 10.6 Å². The van der Waals surface area contributed by atoms with E-state index in [1.54, 1.807) is 17.5 Å². The topological polar surface area (TPSA) is 83.0 Å². The van der Waals surface area contributed by atoms with Crippen LogP contribution in [0.3, 0.4) is 0 Å². The number of aliphatic hydroxyl groups excluding tert-OH is 1. The van der Waals surface area contributed by atoms with Crippen LogP contribution in [0.1, 0.15) is 36.3 Å². The smallest absolute Gasteiger partial charge is 0.132 e. The zero-order chi connectivity index (χ0) is 20.8. The number of aromatic nitrogens is 3. The van der Waals surface area contributed by atoms with E-state index >= 15 is 0 Å². The van der Waals surface area contributed by atoms with E-state index in [2.05, 4.69) is 20.6 Å². The number of aryl methyl sites for hydroxylation is 1. The number of pyridine rings is 2. The molecule has 30 heavy (non-hydrogen) atoms. The van der Waals surface area contributed by atoms with Crippen LogP contribution in [-0.4, -0.2) is 33.2 Å². The van der Waals surface area contributed by atoms with Gasteiger partial charge in [0, 0.05) is 25.5 Å². The van der Waals surface area contributed by atoms with Gasteiger partial charge in [0.2, 0.25) is 0 Å². The Labute approximate surface area is 181 Å². The van der Waals surface area contributed by atoms with Crippen LogP contribution in [0.2, 0.25) is 0 Å². The number of nitrogens with zero attached hydrogens (tertiary/aromatic N) is 3. The minimum atomic E-state index is 0.342. The van der Waals surface area contributed by atoms with E-state index in [-0.39, 0.29) is 0 Å². The minimum absolute atomic E-state index is 0.342. The maximum absolute atomic E-state index is 9.27. The minimum Gasteiger partial charge on any atom is -0.396 e. The van der Waals surface area contributed by atoms with Gasteiger partial charge in [-0.2, -0.15) is 0 Å². The predicted octanol–water partition coefficient (Wildman–Crippen LogP) is 4.54. The maximum Gasteiger partial charge on any atom is 0.132 e. The molecular weight excluding hydrogens is 394 g/mol. The lowest BCUT2D eigenvalue weighted by Gasteiger charge is -2.27. The fraction of sp³-hybridized carbons (Fsp3) is 0.435. The first-order valence-electron chi connectivity index (χ1n) is 10.6. The summed E-state index contributed by atoms with van der Waals surface area (Å²) in [5, 5.41) is 17.2. The summed E-state index contributed by atoms with van der Waals surface area (Å²) in [5.74, 6) is 2.80. The lowest BCUT2D eigenvalue weighted by atomic mass is 9.82. The molecule has 3 aromatic heterocycles. The fourth-order valence-corrected chi connectivity index (χ4v) is 4.75. The third kappa shape index (κ3) is 5.62. The summed E-state index contributed by atoms with van der Waals surface area (Å²) in [4.78, 5) is 14.7. The van der Waals surface area contributed by atoms with Gasteiger partial charge < -0.3 is 15.7 Å². The molecule has 0 saturated heterocycles. The summed E-state index contributed by atoms with van der Waals surface area (Å²) in [5.41, 5.74) is 2.07. The van der Waals surface area contributed by atoms with E-state index in [0.29, 0.717) is 18.4 Å². The molecule has 0 bridgehead atoms. The van der Waals surface area contributed by atoms with E-state index in [4.69, 9.17) is 4.98 Å². The molecule has 0 aliphatic heterocycles. The van der Waals surface area contributed by atoms with E-state index in [1.807, 2.05) is 43.5 Å². The third-order valence-electron chi connectivity index (χ3n) is 5.66. The van der Waals surface area contributed by atoms with Gasteiger partial charge >= 0.3 is 0 Å². The standard InChI is InChI=1S/C23H29N5OS/c1-16-9-10-25-22(11-16)28-21-4-2-3-19(27-21)20-13-26-23(30-20)14-24-12-17-5-7-18(15-29)8-6-17/h2-4,9-11,13,17-18,24,29H,5-8,12,14-15H2,1H3,(H,25,27,28). The summed E-state index contributed by atoms with van der Waals surface area (Å²) < 4.78 is 0. The molecule has 4 rings (SSSR count). The molecular formula is C23H29N5OS. The highest BCUT2D eigenvalue weighted by Gasteiger charge is 2.20. The zero-order valence-corrected chi connectivity index (χ0v) is 18.2. The molecule has 1 aliphatic rings. The quantitative estimate of drug-likeness (QED) is 0.493. The van der Waals surface area contributed by atoms with E-state index < -0.39 is 0 Å². The Hall–Kier alpha value is -2.35. The van der Waals surface area contributed by atoms with Crippen molar-refractivity contribution in [1.29, 1.82) is 0 Å². The van der Waals surface area contributed by atoms with Gasteiger partial charge in [-0.05, 0) is 80.8 Å². The Bertz CT molecular complexity index is 952. The van der Waals surface area contributed by atoms with E-state index in [0.717, 1.165) is 58.7 Å². The molecule has 0 aromatic carbocycles. The zero-order valence-electron chi connectivity index (χ0n) is 17.3. The van der Waals surface area contributed by atoms with Crippen LogP contribution in [0.15, 0.2) is 42.7 Å². The number of anilines is 2. The Morgan fingerprint density at radius 3 is 2.70 bits per heavy atom. The molecule has 0 unspecified atom stereocenters. The first-order valence-corrected chi connectivity index (χ1v) is 11.4. The van der Waals surface area contributed by atoms with Gasteiger partial charge in [0.1, 0.15) is 16.6 Å². The van der Waals surface area contributed by atoms with Crippen molar-refractivity contribution in [3.05, 3.63) is 53.3 Å². The van der Waals surface area contributed by atoms with Crippen LogP contribution >= 0.6 is 11.3 Å². The second kappa shape index (κ2) is 10.1. The molecule has 0 radical (unpaired) electrons. The van der Waals surface area contributed by atoms with Crippen molar-refractivity contribution >= 4 is 23.0 Å². The van der Waals surface area contributed by atoms with Crippen molar-refractivity contribution in [3.63, 3.8) is 0 Å². The summed E-state index contributed by atoms with van der Waals surface area (Å²) in [7, 11) is 0. The molecule has 158 valence electrons. The second-order valence-electron chi connectivity index (χ2n) is 8.07. The average Bonchev–Trinajstić information content (AvgIpc) is 3.23. The molecule has 1 fully saturated rings. The van der Waals surface area contributed by atoms with Crippen LogP contribution in [0, 0.1) is 18.8 Å². The van der Waals surface area contributed by atoms with Crippen LogP contribution in [-0.2, 0) is 6.54 Å². The van der Waals surface area contributed by atoms with Crippen molar-refractivity contribution in [3.8, 4) is 10.6 Å². The molecule has 0 spiro atoms. The van der Waals surface area contributed by atoms with Crippen molar-refractivity contribution in [2.45, 2.75) is 39.2 Å². The highest BCUT2D eigenvalue weighted by Crippen LogP contribution is 2.29. The van der Waals surface area contributed by atoms with Crippen LogP contribution in [0.4, 0.5) is 11.6 Å². The molecule has 0 amide bonds. The van der Waals surface area contributed by atoms with Crippen LogP contribution in [0.25, 0.3) is 10.6 Å². The molecule has 1 saturated carbocycles. The summed E-state index contributed by atoms with van der Waals surface area (Å²) in [6.07, 6.45) is 8.42. The fourth-order valence-electron chi connectivity index (χ4n) is 3.89. The summed E-state index contributed by atoms with van der Waals surface area (Å²) in [6, 6.07) is 9.94. The van der Waals surface area contributed by atoms with Crippen LogP contribution < -0.4 is 10.6 Å². The highest BCUT2D eigenvalue weighted by molar-refractivity contribution is 7.15. The number of hydrogen-bond donors (Lipinski definition) is 3. The molecule has 6 nitrogen and oxygen atoms in total. The molecule has 3 N–H and O–H groups in total. The van der Waals surface area contributed by atoms with Gasteiger partial charge in [-0.15, -0.1) is 11.3 Å². The van der Waals surface area contributed by atoms with Gasteiger partial charge in [-0.3, -0.25) is 0 Å². The van der Waals surface area contributed by atoms with Gasteiger partial charge in [0.15, 0.2) is 0 Å². The monoisotopic (exact) mass is 423 g/mol. The van der Waals surface area contributed by atoms with Crippen molar-refractivity contribution in [1.82, 2.24) is 20.3 Å². The average molecular weight is 424 g/mol. The Morgan fingerprint density at radius 2 is 1.90 bits per heavy atom. The number of hydrogen-bond acceptors (Lipinski definition) is 7. The van der Waals surface area contributed by atoms with E-state index in [9.17, 15) is 5.11 Å². The summed E-state index contributed by atoms with van der Waals surface area (Å²) in [6.45, 7) is 4.20. The first-order chi connectivity index (χ1) is 14.7. The molecule has 3 aromatic rings. The predicted molar refractivity (Wildman–Crippen MR) is 122 cm³/mol. The van der Waals surface area contributed by atoms with Gasteiger partial charge in [-0.25, -0.2) is 15.0 Å². The van der Waals surface area contributed by atoms with Crippen molar-refractivity contribution < 1.29 is 5.11 Å². The molecule has 7 heteroatoms. The van der Waals surface area contributed by atoms with E-state index in [1.165, 1.54) is 12.8 Å². The largest absolute Gasteiger partial charge is 0.396 e. The van der Waals surface area contributed by atoms with Gasteiger partial charge in [-0.1, -0.05) is 6.07 Å². The lowest BCUT2D eigenvalue weighted by molar-refractivity contribution is 0.166. The Kier molecular flexibility index (Phi) is 7.04. The van der Waals surface area contributed by atoms with Crippen molar-refractivity contribution in [2.24, 2.45) is 11.8 Å². The Morgan fingerprint density at radius 1 is 1.07 bits per heavy atom. The molecule has 1 aliphatic carbocycles. The summed E-state index contributed by atoms with van der Waals surface area (Å²) >= 11 is 1.68. The van der Waals surface area contributed by atoms with Crippen LogP contribution in [0.5, 0.6) is 0 Å². The van der Waals surface area contributed by atoms with Gasteiger partial charge in [0.25, 0.3) is 0 Å². The number of aliphatic hydroxyl groups is 1. The first kappa shape index (κ1) is 20.9. The molecule has 3 heterocycles. The number of nitrogens with one attached hydrogen (secondary N) is 2. The lowest BCUT2D eigenvalue weighted by Crippen LogP contribution is -2.27. The number of rotatable bonds is 8. The second-order valence-corrected chi connectivity index (χ2v) is 9.19. The SMILES string of the molecule is Cc1ccnc(Nc2cccc(-c3cnc(CNCC4CCC(CO)CC4)s3)n2)c1. The third-order valence-corrected chi connectivity index (χ3v) is 6.68. The maximum atomic E-state index is 9.27. The molecule has 0 atom stereocenters. The highest BCUT2D eigenvalue weighted by atomic mass is 32.1. The Balaban J connectivity index is 1.31. The van der Waals surface area contributed by atoms with Crippen molar-refractivity contribution in [2.75, 3.05) is 18.5 Å².